The van der Waals surface area contributed by atoms with Gasteiger partial charge in [-0.2, -0.15) is 0 Å². The fraction of sp³-hybridized carbons (Fsp3) is 0.372. The standard InChI is InChI=1S/2C25H32O4S.C24H26O4S.C24H26O3S2.C23H25NO4S/c1-17(2)30(27,28)16-21-6-10-22(11-7-21)24(26)15-20-8-12-23(13-9-20)29-25-14-5-18(3)19(25)4;1-4-21-15-20(11-14-25(21)29-23-7-5-6-8-23)16-24(26)22-12-9-19(10-13-22)17-30(27,28)18(2)3;1-16(2)29(26,27)15-22-10-8-20(12-18(22)4)23(25)14-19-7-9-21(13-17(19)3)24-6-5-11-28-24;1-16(2)29(26,27)15-19-5-7-20(8-6-19)23(25)13-21-9-10-22(12-18(21)4)24-11-17(3)14-28-24;1-15(2)29(26,27)14-21-8-6-19(11-17(21)4)22(25)13-18-5-7-20(12-16(18)3)23-24-9-10-28-23/h6-13,17-19,25H,5,14-16H2,1-4H3;9-15,18,23H,4-8,16-17H2,1-3H3;5-13,16H,14-15H2,1-4H3;5-12,14,16H,13,15H2,1-4H3;5-12,15H,13-14H2,1-4H3. The van der Waals surface area contributed by atoms with Crippen molar-refractivity contribution in [3.05, 3.63) is 371 Å². The summed E-state index contributed by atoms with van der Waals surface area (Å²) in [6.45, 7) is 35.2. The van der Waals surface area contributed by atoms with Crippen LogP contribution in [0, 0.1) is 53.4 Å². The van der Waals surface area contributed by atoms with Gasteiger partial charge < -0.3 is 18.3 Å². The number of Topliss-reactive ketones (excluding diaryl/α,β-unsaturated/α-hetero) is 5. The normalized spacial score (nSPS) is 14.4. The molecule has 2 aliphatic rings. The van der Waals surface area contributed by atoms with Crippen molar-refractivity contribution < 1.29 is 84.4 Å². The van der Waals surface area contributed by atoms with E-state index in [4.69, 9.17) is 18.3 Å². The minimum absolute atomic E-state index is 0.00100. The Morgan fingerprint density at radius 1 is 0.361 bits per heavy atom. The fourth-order valence-electron chi connectivity index (χ4n) is 17.0. The van der Waals surface area contributed by atoms with E-state index >= 15 is 0 Å². The van der Waals surface area contributed by atoms with Gasteiger partial charge in [-0.15, -0.1) is 11.3 Å². The molecule has 3 atom stereocenters. The van der Waals surface area contributed by atoms with Crippen molar-refractivity contribution in [2.45, 2.75) is 276 Å². The summed E-state index contributed by atoms with van der Waals surface area (Å²) >= 11 is 1.72. The number of rotatable bonds is 38. The van der Waals surface area contributed by atoms with Gasteiger partial charge in [0.25, 0.3) is 0 Å². The summed E-state index contributed by atoms with van der Waals surface area (Å²) in [6.07, 6.45) is 14.8. The number of carbonyl (C=O) groups excluding carboxylic acids is 5. The lowest BCUT2D eigenvalue weighted by atomic mass is 9.96. The second kappa shape index (κ2) is 51.8. The molecular formula is C121H141NO19S6. The minimum atomic E-state index is -3.18. The molecular weight excluding hydrogens is 1960 g/mol. The maximum Gasteiger partial charge on any atom is 0.225 e. The van der Waals surface area contributed by atoms with Crippen LogP contribution in [0.1, 0.15) is 275 Å². The van der Waals surface area contributed by atoms with Crippen LogP contribution in [0.15, 0.2) is 257 Å². The molecule has 13 aromatic rings. The molecule has 0 amide bonds. The Morgan fingerprint density at radius 2 is 0.741 bits per heavy atom. The summed E-state index contributed by atoms with van der Waals surface area (Å²) in [4.78, 5) is 69.0. The Bertz CT molecular complexity index is 7150. The van der Waals surface area contributed by atoms with E-state index in [2.05, 4.69) is 62.3 Å². The lowest BCUT2D eigenvalue weighted by molar-refractivity contribution is 0.0984. The Hall–Kier alpha value is -11.9. The highest BCUT2D eigenvalue weighted by molar-refractivity contribution is 7.92. The van der Waals surface area contributed by atoms with E-state index in [1.165, 1.54) is 41.5 Å². The maximum absolute atomic E-state index is 12.8. The summed E-state index contributed by atoms with van der Waals surface area (Å²) in [6, 6.07) is 69.0. The second-order valence-corrected chi connectivity index (χ2v) is 54.1. The number of aryl methyl sites for hydroxylation is 7. The molecule has 147 heavy (non-hydrogen) atoms. The number of nitrogens with zero attached hydrogens (tertiary/aromatic N) is 1. The molecule has 0 N–H and O–H groups in total. The van der Waals surface area contributed by atoms with Gasteiger partial charge in [-0.25, -0.2) is 47.1 Å². The summed E-state index contributed by atoms with van der Waals surface area (Å²) in [5, 5.41) is 0.0602. The monoisotopic (exact) mass is 2100 g/mol. The topological polar surface area (TPSA) is 314 Å². The lowest BCUT2D eigenvalue weighted by Gasteiger charge is -2.20. The van der Waals surface area contributed by atoms with Crippen molar-refractivity contribution in [3.8, 4) is 44.7 Å². The lowest BCUT2D eigenvalue weighted by Crippen LogP contribution is -2.21. The molecule has 2 saturated carbocycles. The van der Waals surface area contributed by atoms with Gasteiger partial charge in [0, 0.05) is 75.9 Å². The van der Waals surface area contributed by atoms with Gasteiger partial charge >= 0.3 is 0 Å². The van der Waals surface area contributed by atoms with Gasteiger partial charge in [-0.05, 0) is 340 Å². The number of aromatic nitrogens is 1. The van der Waals surface area contributed by atoms with Crippen LogP contribution in [0.4, 0.5) is 0 Å². The highest BCUT2D eigenvalue weighted by atomic mass is 32.2. The van der Waals surface area contributed by atoms with Crippen LogP contribution in [0.2, 0.25) is 0 Å². The molecule has 780 valence electrons. The summed E-state index contributed by atoms with van der Waals surface area (Å²) < 4.78 is 144. The number of hydrogen-bond donors (Lipinski definition) is 0. The predicted molar refractivity (Wildman–Crippen MR) is 593 cm³/mol. The number of benzene rings is 10. The summed E-state index contributed by atoms with van der Waals surface area (Å²) in [7, 11) is -15.8. The van der Waals surface area contributed by atoms with Gasteiger partial charge in [0.15, 0.2) is 78.1 Å². The number of sulfone groups is 5. The average Bonchev–Trinajstić information content (AvgIpc) is 1.66. The first-order valence-corrected chi connectivity index (χ1v) is 59.9. The van der Waals surface area contributed by atoms with Crippen LogP contribution < -0.4 is 9.47 Å². The van der Waals surface area contributed by atoms with Gasteiger partial charge in [0.2, 0.25) is 5.89 Å². The second-order valence-electron chi connectivity index (χ2n) is 40.4. The van der Waals surface area contributed by atoms with Gasteiger partial charge in [-0.3, -0.25) is 24.0 Å². The number of oxazole rings is 1. The molecule has 3 aromatic heterocycles. The first-order valence-electron chi connectivity index (χ1n) is 50.5. The molecule has 2 aliphatic carbocycles. The van der Waals surface area contributed by atoms with E-state index in [0.717, 1.165) is 126 Å². The Balaban J connectivity index is 0.000000175. The van der Waals surface area contributed by atoms with E-state index < -0.39 is 75.4 Å². The van der Waals surface area contributed by atoms with Crippen LogP contribution in [-0.4, -0.2) is 114 Å². The number of furan rings is 1. The van der Waals surface area contributed by atoms with Crippen molar-refractivity contribution >= 4 is 89.4 Å². The van der Waals surface area contributed by atoms with Crippen molar-refractivity contribution in [1.29, 1.82) is 0 Å². The quantitative estimate of drug-likeness (QED) is 0.0325. The SMILES string of the molecule is CC1CCC(Oc2ccc(CC(=O)c3ccc(CS(=O)(=O)C(C)C)cc3)cc2)C1C.CCc1cc(CC(=O)c2ccc(CS(=O)(=O)C(C)C)cc2)ccc1OC1CCCC1.Cc1cc(-c2ccco2)ccc1CC(=O)c1ccc(CS(=O)(=O)C(C)C)c(C)c1.Cc1cc(-c2ncco2)ccc1CC(=O)c1ccc(CS(=O)(=O)C(C)C)c(C)c1.Cc1csc(-c2ccc(CC(=O)c3ccc(CS(=O)(=O)C(C)C)cc3)c(C)c2)c1. The number of ether oxygens (including phenoxy) is 2. The number of hydrogen-bond acceptors (Lipinski definition) is 21. The number of ketones is 5. The Kier molecular flexibility index (Phi) is 40.7. The molecule has 3 heterocycles. The molecule has 15 rings (SSSR count). The van der Waals surface area contributed by atoms with Crippen molar-refractivity contribution in [2.24, 2.45) is 11.8 Å². The number of carbonyl (C=O) groups is 5. The largest absolute Gasteiger partial charge is 0.490 e. The zero-order valence-corrected chi connectivity index (χ0v) is 92.9. The molecule has 3 unspecified atom stereocenters. The maximum atomic E-state index is 12.8. The highest BCUT2D eigenvalue weighted by Gasteiger charge is 2.32. The van der Waals surface area contributed by atoms with Crippen LogP contribution in [0.5, 0.6) is 11.5 Å². The molecule has 0 radical (unpaired) electrons. The average molecular weight is 2110 g/mol. The minimum Gasteiger partial charge on any atom is -0.490 e. The van der Waals surface area contributed by atoms with Crippen LogP contribution in [-0.2, 0) is 116 Å². The molecule has 0 bridgehead atoms. The van der Waals surface area contributed by atoms with Crippen LogP contribution in [0.3, 0.4) is 0 Å². The first kappa shape index (κ1) is 115. The summed E-state index contributed by atoms with van der Waals surface area (Å²) in [5.74, 6) is 4.48. The van der Waals surface area contributed by atoms with Crippen molar-refractivity contribution in [3.63, 3.8) is 0 Å². The van der Waals surface area contributed by atoms with Crippen LogP contribution >= 0.6 is 11.3 Å². The van der Waals surface area contributed by atoms with Gasteiger partial charge in [-0.1, -0.05) is 178 Å². The first-order chi connectivity index (χ1) is 69.4. The van der Waals surface area contributed by atoms with E-state index in [9.17, 15) is 66.1 Å². The molecule has 2 fully saturated rings. The van der Waals surface area contributed by atoms with Crippen molar-refractivity contribution in [1.82, 2.24) is 4.98 Å². The van der Waals surface area contributed by atoms with E-state index in [0.29, 0.717) is 94.0 Å². The van der Waals surface area contributed by atoms with Crippen molar-refractivity contribution in [2.75, 3.05) is 0 Å². The van der Waals surface area contributed by atoms with Gasteiger partial charge in [0.05, 0.1) is 73.6 Å². The Labute approximate surface area is 875 Å². The number of thiophene rings is 1. The molecule has 0 spiro atoms. The Morgan fingerprint density at radius 3 is 1.13 bits per heavy atom. The van der Waals surface area contributed by atoms with Crippen LogP contribution in [0.25, 0.3) is 33.2 Å². The van der Waals surface area contributed by atoms with E-state index in [1.807, 2.05) is 126 Å². The smallest absolute Gasteiger partial charge is 0.225 e. The third-order valence-corrected chi connectivity index (χ3v) is 39.5. The molecule has 20 nitrogen and oxygen atoms in total. The molecule has 26 heteroatoms. The third-order valence-electron chi connectivity index (χ3n) is 27.6. The van der Waals surface area contributed by atoms with E-state index in [-0.39, 0.29) is 70.2 Å². The van der Waals surface area contributed by atoms with E-state index in [1.54, 1.807) is 202 Å². The zero-order chi connectivity index (χ0) is 107. The highest BCUT2D eigenvalue weighted by Crippen LogP contribution is 2.37. The third kappa shape index (κ3) is 33.0. The van der Waals surface area contributed by atoms with Gasteiger partial charge in [0.1, 0.15) is 29.6 Å². The zero-order valence-electron chi connectivity index (χ0n) is 88.0. The molecule has 0 aliphatic heterocycles. The summed E-state index contributed by atoms with van der Waals surface area (Å²) in [5.41, 5.74) is 21.6. The molecule has 10 aromatic carbocycles. The molecule has 0 saturated heterocycles. The predicted octanol–water partition coefficient (Wildman–Crippen LogP) is 26.4. The fourth-order valence-corrected chi connectivity index (χ4v) is 23.0.